The molecule has 2 aromatic heterocycles. The molecule has 124 valence electrons. The van der Waals surface area contributed by atoms with E-state index < -0.39 is 4.92 Å². The van der Waals surface area contributed by atoms with Crippen LogP contribution in [0.3, 0.4) is 0 Å². The van der Waals surface area contributed by atoms with Gasteiger partial charge in [-0.1, -0.05) is 12.1 Å². The molecule has 0 aliphatic rings. The van der Waals surface area contributed by atoms with E-state index >= 15 is 0 Å². The van der Waals surface area contributed by atoms with Crippen LogP contribution in [0.4, 0.5) is 5.69 Å². The number of benzene rings is 1. The molecule has 0 aliphatic carbocycles. The third-order valence-electron chi connectivity index (χ3n) is 3.60. The fourth-order valence-electron chi connectivity index (χ4n) is 2.38. The number of hydrogen-bond donors (Lipinski definition) is 0. The van der Waals surface area contributed by atoms with Gasteiger partial charge in [0.05, 0.1) is 29.3 Å². The minimum Gasteiger partial charge on any atom is -0.307 e. The van der Waals surface area contributed by atoms with Crippen molar-refractivity contribution in [3.05, 3.63) is 75.0 Å². The molecule has 25 heavy (non-hydrogen) atoms. The highest BCUT2D eigenvalue weighted by Gasteiger charge is 2.11. The second-order valence-electron chi connectivity index (χ2n) is 5.18. The number of hydrogen-bond acceptors (Lipinski definition) is 6. The molecule has 0 saturated heterocycles. The molecule has 0 bridgehead atoms. The molecule has 0 N–H and O–H groups in total. The first kappa shape index (κ1) is 16.1. The van der Waals surface area contributed by atoms with Crippen LogP contribution in [0, 0.1) is 21.4 Å². The molecule has 0 fully saturated rings. The number of aromatic nitrogens is 4. The van der Waals surface area contributed by atoms with Gasteiger partial charge in [-0.25, -0.2) is 9.67 Å². The molecular formula is C16H12N6O3. The van der Waals surface area contributed by atoms with Gasteiger partial charge in [0, 0.05) is 24.2 Å². The monoisotopic (exact) mass is 336 g/mol. The van der Waals surface area contributed by atoms with Gasteiger partial charge in [-0.15, -0.1) is 0 Å². The fourth-order valence-corrected chi connectivity index (χ4v) is 2.38. The first-order chi connectivity index (χ1) is 12.1. The fraction of sp³-hybridized carbons (Fsp3) is 0.125. The summed E-state index contributed by atoms with van der Waals surface area (Å²) >= 11 is 0. The second kappa shape index (κ2) is 6.76. The van der Waals surface area contributed by atoms with Crippen molar-refractivity contribution in [3.63, 3.8) is 0 Å². The van der Waals surface area contributed by atoms with Crippen molar-refractivity contribution in [3.8, 4) is 17.5 Å². The molecule has 9 heteroatoms. The van der Waals surface area contributed by atoms with E-state index in [1.54, 1.807) is 28.9 Å². The van der Waals surface area contributed by atoms with Gasteiger partial charge in [-0.05, 0) is 12.1 Å². The SMILES string of the molecule is N#Cc1cccc(-c2ncnn2CCn2cc([N+](=O)[O-])ccc2=O)c1. The van der Waals surface area contributed by atoms with Crippen LogP contribution < -0.4 is 5.56 Å². The van der Waals surface area contributed by atoms with Crippen LogP contribution in [0.2, 0.25) is 0 Å². The Labute approximate surface area is 141 Å². The Morgan fingerprint density at radius 1 is 1.24 bits per heavy atom. The summed E-state index contributed by atoms with van der Waals surface area (Å²) in [6, 6.07) is 11.3. The van der Waals surface area contributed by atoms with E-state index in [9.17, 15) is 14.9 Å². The maximum atomic E-state index is 11.9. The molecule has 3 aromatic rings. The summed E-state index contributed by atoms with van der Waals surface area (Å²) in [5.74, 6) is 0.551. The van der Waals surface area contributed by atoms with Gasteiger partial charge in [0.25, 0.3) is 11.2 Å². The number of pyridine rings is 1. The normalized spacial score (nSPS) is 10.4. The number of nitro groups is 1. The quantitative estimate of drug-likeness (QED) is 0.515. The predicted molar refractivity (Wildman–Crippen MR) is 87.5 cm³/mol. The molecule has 0 radical (unpaired) electrons. The maximum absolute atomic E-state index is 11.9. The molecule has 0 saturated carbocycles. The Morgan fingerprint density at radius 3 is 2.84 bits per heavy atom. The summed E-state index contributed by atoms with van der Waals surface area (Å²) in [6.07, 6.45) is 2.58. The van der Waals surface area contributed by atoms with E-state index in [1.807, 2.05) is 0 Å². The summed E-state index contributed by atoms with van der Waals surface area (Å²) in [5, 5.41) is 24.0. The van der Waals surface area contributed by atoms with Crippen LogP contribution in [0.25, 0.3) is 11.4 Å². The third-order valence-corrected chi connectivity index (χ3v) is 3.60. The van der Waals surface area contributed by atoms with Crippen molar-refractivity contribution >= 4 is 5.69 Å². The van der Waals surface area contributed by atoms with Gasteiger partial charge in [-0.2, -0.15) is 10.4 Å². The number of nitrogens with zero attached hydrogens (tertiary/aromatic N) is 6. The average Bonchev–Trinajstić information content (AvgIpc) is 3.09. The largest absolute Gasteiger partial charge is 0.307 e. The van der Waals surface area contributed by atoms with Gasteiger partial charge in [-0.3, -0.25) is 14.9 Å². The van der Waals surface area contributed by atoms with E-state index in [-0.39, 0.29) is 17.8 Å². The van der Waals surface area contributed by atoms with Crippen molar-refractivity contribution in [1.82, 2.24) is 19.3 Å². The van der Waals surface area contributed by atoms with E-state index in [0.717, 1.165) is 11.6 Å². The Balaban J connectivity index is 1.85. The van der Waals surface area contributed by atoms with Gasteiger partial charge in [0.1, 0.15) is 6.33 Å². The zero-order valence-electron chi connectivity index (χ0n) is 12.9. The summed E-state index contributed by atoms with van der Waals surface area (Å²) in [4.78, 5) is 26.3. The highest BCUT2D eigenvalue weighted by molar-refractivity contribution is 5.57. The standard InChI is InChI=1S/C16H12N6O3/c17-9-12-2-1-3-13(8-12)16-18-11-19-21(16)7-6-20-10-14(22(24)25)4-5-15(20)23/h1-5,8,10-11H,6-7H2. The Kier molecular flexibility index (Phi) is 4.34. The highest BCUT2D eigenvalue weighted by atomic mass is 16.6. The van der Waals surface area contributed by atoms with Crippen molar-refractivity contribution < 1.29 is 4.92 Å². The van der Waals surface area contributed by atoms with Gasteiger partial charge in [0.15, 0.2) is 5.82 Å². The lowest BCUT2D eigenvalue weighted by molar-refractivity contribution is -0.385. The molecule has 0 amide bonds. The molecule has 0 unspecified atom stereocenters. The molecule has 0 aliphatic heterocycles. The van der Waals surface area contributed by atoms with Gasteiger partial charge >= 0.3 is 0 Å². The number of nitriles is 1. The Hall–Kier alpha value is -3.80. The Morgan fingerprint density at radius 2 is 2.08 bits per heavy atom. The maximum Gasteiger partial charge on any atom is 0.285 e. The topological polar surface area (TPSA) is 120 Å². The lowest BCUT2D eigenvalue weighted by Crippen LogP contribution is -2.22. The van der Waals surface area contributed by atoms with Crippen molar-refractivity contribution in [2.24, 2.45) is 0 Å². The van der Waals surface area contributed by atoms with Crippen LogP contribution >= 0.6 is 0 Å². The molecule has 0 spiro atoms. The lowest BCUT2D eigenvalue weighted by Gasteiger charge is -2.08. The first-order valence-electron chi connectivity index (χ1n) is 7.32. The molecule has 2 heterocycles. The van der Waals surface area contributed by atoms with Gasteiger partial charge < -0.3 is 4.57 Å². The van der Waals surface area contributed by atoms with Crippen molar-refractivity contribution in [2.45, 2.75) is 13.1 Å². The summed E-state index contributed by atoms with van der Waals surface area (Å²) in [7, 11) is 0. The lowest BCUT2D eigenvalue weighted by atomic mass is 10.1. The first-order valence-corrected chi connectivity index (χ1v) is 7.32. The average molecular weight is 336 g/mol. The zero-order valence-corrected chi connectivity index (χ0v) is 12.9. The second-order valence-corrected chi connectivity index (χ2v) is 5.18. The van der Waals surface area contributed by atoms with E-state index in [1.165, 1.54) is 23.2 Å². The molecule has 1 aromatic carbocycles. The molecule has 3 rings (SSSR count). The predicted octanol–water partition coefficient (Wildman–Crippen LogP) is 1.59. The zero-order chi connectivity index (χ0) is 17.8. The summed E-state index contributed by atoms with van der Waals surface area (Å²) < 4.78 is 2.84. The van der Waals surface area contributed by atoms with Crippen LogP contribution in [-0.2, 0) is 13.1 Å². The van der Waals surface area contributed by atoms with E-state index in [0.29, 0.717) is 17.9 Å². The van der Waals surface area contributed by atoms with Crippen LogP contribution in [0.15, 0.2) is 53.7 Å². The summed E-state index contributed by atoms with van der Waals surface area (Å²) in [6.45, 7) is 0.502. The molecular weight excluding hydrogens is 324 g/mol. The van der Waals surface area contributed by atoms with E-state index in [2.05, 4.69) is 16.2 Å². The number of aryl methyl sites for hydroxylation is 2. The third kappa shape index (κ3) is 3.42. The van der Waals surface area contributed by atoms with Crippen LogP contribution in [0.1, 0.15) is 5.56 Å². The van der Waals surface area contributed by atoms with E-state index in [4.69, 9.17) is 5.26 Å². The van der Waals surface area contributed by atoms with Gasteiger partial charge in [0.2, 0.25) is 0 Å². The van der Waals surface area contributed by atoms with Crippen molar-refractivity contribution in [1.29, 1.82) is 5.26 Å². The van der Waals surface area contributed by atoms with Crippen LogP contribution in [0.5, 0.6) is 0 Å². The minimum absolute atomic E-state index is 0.153. The minimum atomic E-state index is -0.551. The van der Waals surface area contributed by atoms with Crippen molar-refractivity contribution in [2.75, 3.05) is 0 Å². The smallest absolute Gasteiger partial charge is 0.285 e. The molecule has 9 nitrogen and oxygen atoms in total. The highest BCUT2D eigenvalue weighted by Crippen LogP contribution is 2.17. The summed E-state index contributed by atoms with van der Waals surface area (Å²) in [5.41, 5.74) is 0.740. The molecule has 0 atom stereocenters. The number of rotatable bonds is 5. The Bertz CT molecular complexity index is 1030. The van der Waals surface area contributed by atoms with Crippen LogP contribution in [-0.4, -0.2) is 24.3 Å².